The molecular formula is C19H26N6. The van der Waals surface area contributed by atoms with E-state index in [9.17, 15) is 0 Å². The van der Waals surface area contributed by atoms with Gasteiger partial charge in [0.1, 0.15) is 5.82 Å². The van der Waals surface area contributed by atoms with Crippen molar-refractivity contribution < 1.29 is 0 Å². The summed E-state index contributed by atoms with van der Waals surface area (Å²) < 4.78 is 1.99. The molecule has 6 heteroatoms. The van der Waals surface area contributed by atoms with Gasteiger partial charge in [0.2, 0.25) is 0 Å². The molecule has 0 radical (unpaired) electrons. The Labute approximate surface area is 149 Å². The van der Waals surface area contributed by atoms with E-state index in [1.165, 1.54) is 12.4 Å². The van der Waals surface area contributed by atoms with Crippen molar-refractivity contribution >= 4 is 23.6 Å². The predicted molar refractivity (Wildman–Crippen MR) is 106 cm³/mol. The largest absolute Gasteiger partial charge is 0.399 e. The summed E-state index contributed by atoms with van der Waals surface area (Å²) in [5.41, 5.74) is 16.0. The van der Waals surface area contributed by atoms with Crippen molar-refractivity contribution in [2.75, 3.05) is 0 Å². The van der Waals surface area contributed by atoms with Gasteiger partial charge in [-0.25, -0.2) is 4.98 Å². The molecular weight excluding hydrogens is 312 g/mol. The Morgan fingerprint density at radius 3 is 2.40 bits per heavy atom. The number of allylic oxidation sites excluding steroid dienone is 5. The minimum atomic E-state index is 0.328. The quantitative estimate of drug-likeness (QED) is 0.430. The molecule has 0 spiro atoms. The first-order chi connectivity index (χ1) is 11.8. The van der Waals surface area contributed by atoms with Gasteiger partial charge in [-0.1, -0.05) is 13.2 Å². The normalized spacial score (nSPS) is 13.2. The maximum atomic E-state index is 7.74. The molecule has 1 aromatic heterocycles. The van der Waals surface area contributed by atoms with Crippen molar-refractivity contribution in [1.29, 1.82) is 10.8 Å². The van der Waals surface area contributed by atoms with E-state index in [1.54, 1.807) is 12.2 Å². The van der Waals surface area contributed by atoms with E-state index in [0.29, 0.717) is 22.5 Å². The lowest BCUT2D eigenvalue weighted by atomic mass is 10.0. The van der Waals surface area contributed by atoms with E-state index in [2.05, 4.69) is 18.1 Å². The third-order valence-electron chi connectivity index (χ3n) is 3.79. The number of nitrogens with two attached hydrogens (primary N) is 2. The fraction of sp³-hybridized carbons (Fsp3) is 0.211. The summed E-state index contributed by atoms with van der Waals surface area (Å²) in [6.45, 7) is 13.9. The molecule has 25 heavy (non-hydrogen) atoms. The lowest BCUT2D eigenvalue weighted by Gasteiger charge is -2.10. The van der Waals surface area contributed by atoms with Gasteiger partial charge in [-0.05, 0) is 44.1 Å². The molecule has 0 saturated carbocycles. The van der Waals surface area contributed by atoms with Crippen LogP contribution < -0.4 is 11.5 Å². The Bertz CT molecular complexity index is 802. The highest BCUT2D eigenvalue weighted by atomic mass is 15.1. The summed E-state index contributed by atoms with van der Waals surface area (Å²) in [6, 6.07) is 0. The van der Waals surface area contributed by atoms with Gasteiger partial charge in [-0.3, -0.25) is 0 Å². The van der Waals surface area contributed by atoms with Gasteiger partial charge in [-0.2, -0.15) is 0 Å². The van der Waals surface area contributed by atoms with Gasteiger partial charge in [0.15, 0.2) is 0 Å². The first-order valence-corrected chi connectivity index (χ1v) is 7.84. The number of nitrogens with one attached hydrogen (secondary N) is 2. The average Bonchev–Trinajstić information content (AvgIpc) is 2.99. The van der Waals surface area contributed by atoms with Gasteiger partial charge >= 0.3 is 0 Å². The van der Waals surface area contributed by atoms with Crippen molar-refractivity contribution in [2.24, 2.45) is 11.5 Å². The van der Waals surface area contributed by atoms with E-state index in [4.69, 9.17) is 22.3 Å². The van der Waals surface area contributed by atoms with E-state index < -0.39 is 0 Å². The zero-order chi connectivity index (χ0) is 19.1. The molecule has 1 aromatic rings. The third kappa shape index (κ3) is 4.67. The molecule has 0 atom stereocenters. The fourth-order valence-corrected chi connectivity index (χ4v) is 2.24. The van der Waals surface area contributed by atoms with Crippen LogP contribution in [0.3, 0.4) is 0 Å². The summed E-state index contributed by atoms with van der Waals surface area (Å²) in [5.74, 6) is 0.724. The van der Waals surface area contributed by atoms with Crippen LogP contribution in [0, 0.1) is 10.8 Å². The molecule has 0 bridgehead atoms. The van der Waals surface area contributed by atoms with E-state index in [1.807, 2.05) is 31.5 Å². The molecule has 0 aromatic carbocycles. The van der Waals surface area contributed by atoms with Crippen LogP contribution >= 0.6 is 0 Å². The standard InChI is InChI=1S/C19H26N6/c1-6-25-11-18(12(2)7-8-20)24-19(25)14(4)16(10-21)17(23)9-13(3)15(5)22/h7-11,20-21H,3,5-6,22-23H2,1-2,4H3/b12-7+,16-14+,17-9+,20-8?,21-10?. The Morgan fingerprint density at radius 1 is 1.28 bits per heavy atom. The highest BCUT2D eigenvalue weighted by molar-refractivity contribution is 5.93. The van der Waals surface area contributed by atoms with Crippen molar-refractivity contribution in [3.05, 3.63) is 65.6 Å². The van der Waals surface area contributed by atoms with Gasteiger partial charge in [0, 0.05) is 47.7 Å². The number of nitrogens with zero attached hydrogens (tertiary/aromatic N) is 2. The van der Waals surface area contributed by atoms with Gasteiger partial charge in [0.05, 0.1) is 5.69 Å². The summed E-state index contributed by atoms with van der Waals surface area (Å²) in [4.78, 5) is 4.65. The molecule has 1 rings (SSSR count). The number of hydrogen-bond acceptors (Lipinski definition) is 5. The molecule has 0 saturated heterocycles. The molecule has 0 amide bonds. The lowest BCUT2D eigenvalue weighted by molar-refractivity contribution is 0.747. The summed E-state index contributed by atoms with van der Waals surface area (Å²) in [6.07, 6.45) is 7.65. The maximum Gasteiger partial charge on any atom is 0.136 e. The smallest absolute Gasteiger partial charge is 0.136 e. The Balaban J connectivity index is 3.50. The molecule has 0 fully saturated rings. The van der Waals surface area contributed by atoms with E-state index >= 15 is 0 Å². The summed E-state index contributed by atoms with van der Waals surface area (Å²) >= 11 is 0. The number of hydrogen-bond donors (Lipinski definition) is 4. The van der Waals surface area contributed by atoms with Crippen LogP contribution in [0.1, 0.15) is 32.3 Å². The van der Waals surface area contributed by atoms with E-state index in [-0.39, 0.29) is 0 Å². The first-order valence-electron chi connectivity index (χ1n) is 7.84. The SMILES string of the molecule is C=C(N)C(=C)/C=C(N)\C(C=N)=C(/C)c1nc(/C(C)=C/C=N)cn1CC. The lowest BCUT2D eigenvalue weighted by Crippen LogP contribution is -2.09. The highest BCUT2D eigenvalue weighted by Crippen LogP contribution is 2.23. The van der Waals surface area contributed by atoms with E-state index in [0.717, 1.165) is 29.2 Å². The Hall–Kier alpha value is -3.15. The van der Waals surface area contributed by atoms with Crippen LogP contribution in [0.5, 0.6) is 0 Å². The van der Waals surface area contributed by atoms with Crippen molar-refractivity contribution in [3.8, 4) is 0 Å². The summed E-state index contributed by atoms with van der Waals surface area (Å²) in [5, 5.41) is 14.9. The van der Waals surface area contributed by atoms with Crippen LogP contribution in [-0.4, -0.2) is 22.0 Å². The third-order valence-corrected chi connectivity index (χ3v) is 3.79. The van der Waals surface area contributed by atoms with Gasteiger partial charge < -0.3 is 26.9 Å². The predicted octanol–water partition coefficient (Wildman–Crippen LogP) is 3.25. The second-order valence-electron chi connectivity index (χ2n) is 5.59. The van der Waals surface area contributed by atoms with Crippen LogP contribution in [0.4, 0.5) is 0 Å². The number of imidazole rings is 1. The maximum absolute atomic E-state index is 7.74. The second kappa shape index (κ2) is 8.63. The monoisotopic (exact) mass is 338 g/mol. The summed E-state index contributed by atoms with van der Waals surface area (Å²) in [7, 11) is 0. The van der Waals surface area contributed by atoms with Gasteiger partial charge in [-0.15, -0.1) is 0 Å². The number of rotatable bonds is 8. The molecule has 6 nitrogen and oxygen atoms in total. The molecule has 0 aliphatic heterocycles. The van der Waals surface area contributed by atoms with Crippen LogP contribution in [0.15, 0.2) is 54.0 Å². The second-order valence-corrected chi connectivity index (χ2v) is 5.59. The Kier molecular flexibility index (Phi) is 6.87. The minimum absolute atomic E-state index is 0.328. The van der Waals surface area contributed by atoms with Gasteiger partial charge in [0.25, 0.3) is 0 Å². The molecule has 132 valence electrons. The molecule has 0 unspecified atom stereocenters. The zero-order valence-electron chi connectivity index (χ0n) is 15.1. The zero-order valence-corrected chi connectivity index (χ0v) is 15.1. The Morgan fingerprint density at radius 2 is 1.92 bits per heavy atom. The highest BCUT2D eigenvalue weighted by Gasteiger charge is 2.14. The first kappa shape index (κ1) is 19.9. The van der Waals surface area contributed by atoms with Crippen LogP contribution in [-0.2, 0) is 6.54 Å². The minimum Gasteiger partial charge on any atom is -0.399 e. The topological polar surface area (TPSA) is 118 Å². The van der Waals surface area contributed by atoms with Crippen molar-refractivity contribution in [2.45, 2.75) is 27.3 Å². The van der Waals surface area contributed by atoms with Crippen LogP contribution in [0.25, 0.3) is 11.1 Å². The average molecular weight is 338 g/mol. The van der Waals surface area contributed by atoms with Crippen molar-refractivity contribution in [1.82, 2.24) is 9.55 Å². The number of aryl methyl sites for hydroxylation is 1. The number of aromatic nitrogens is 2. The van der Waals surface area contributed by atoms with Crippen molar-refractivity contribution in [3.63, 3.8) is 0 Å². The molecule has 1 heterocycles. The molecule has 6 N–H and O–H groups in total. The molecule has 0 aliphatic carbocycles. The van der Waals surface area contributed by atoms with Crippen LogP contribution in [0.2, 0.25) is 0 Å². The molecule has 0 aliphatic rings. The fourth-order valence-electron chi connectivity index (χ4n) is 2.24.